The van der Waals surface area contributed by atoms with Gasteiger partial charge in [0.15, 0.2) is 0 Å². The van der Waals surface area contributed by atoms with Crippen LogP contribution in [0.15, 0.2) is 0 Å². The van der Waals surface area contributed by atoms with Crippen molar-refractivity contribution < 1.29 is 9.31 Å². The van der Waals surface area contributed by atoms with Crippen LogP contribution in [0, 0.1) is 23.2 Å². The van der Waals surface area contributed by atoms with E-state index in [4.69, 9.17) is 9.31 Å². The Morgan fingerprint density at radius 3 is 1.76 bits per heavy atom. The molecule has 142 valence electrons. The molecule has 3 heteroatoms. The first-order chi connectivity index (χ1) is 11.7. The van der Waals surface area contributed by atoms with Crippen LogP contribution in [0.25, 0.3) is 0 Å². The molecule has 0 unspecified atom stereocenters. The predicted molar refractivity (Wildman–Crippen MR) is 105 cm³/mol. The summed E-state index contributed by atoms with van der Waals surface area (Å²) in [7, 11) is 0.0121. The molecule has 1 saturated heterocycles. The quantitative estimate of drug-likeness (QED) is 0.418. The van der Waals surface area contributed by atoms with Gasteiger partial charge < -0.3 is 9.31 Å². The monoisotopic (exact) mass is 346 g/mol. The summed E-state index contributed by atoms with van der Waals surface area (Å²) in [6.07, 6.45) is 14.2. The Labute approximate surface area is 155 Å². The maximum absolute atomic E-state index is 6.62. The second-order valence-electron chi connectivity index (χ2n) is 11.0. The minimum atomic E-state index is -0.192. The molecule has 0 aromatic rings. The molecule has 4 saturated carbocycles. The molecule has 5 aliphatic rings. The summed E-state index contributed by atoms with van der Waals surface area (Å²) in [5, 5.41) is 0. The zero-order valence-electron chi connectivity index (χ0n) is 17.3. The zero-order chi connectivity index (χ0) is 17.9. The van der Waals surface area contributed by atoms with Crippen molar-refractivity contribution in [3.05, 3.63) is 0 Å². The summed E-state index contributed by atoms with van der Waals surface area (Å²) in [6, 6.07) is 0. The van der Waals surface area contributed by atoms with Gasteiger partial charge >= 0.3 is 7.12 Å². The topological polar surface area (TPSA) is 18.5 Å². The largest absolute Gasteiger partial charge is 0.461 e. The number of rotatable bonds is 6. The zero-order valence-corrected chi connectivity index (χ0v) is 17.3. The van der Waals surface area contributed by atoms with E-state index in [0.717, 1.165) is 17.8 Å². The fraction of sp³-hybridized carbons (Fsp3) is 1.00. The Balaban J connectivity index is 1.59. The third kappa shape index (κ3) is 3.12. The Morgan fingerprint density at radius 2 is 1.32 bits per heavy atom. The average Bonchev–Trinajstić information content (AvgIpc) is 2.70. The third-order valence-corrected chi connectivity index (χ3v) is 8.59. The fourth-order valence-electron chi connectivity index (χ4n) is 7.03. The molecule has 0 radical (unpaired) electrons. The van der Waals surface area contributed by atoms with E-state index in [1.165, 1.54) is 64.2 Å². The lowest BCUT2D eigenvalue weighted by Crippen LogP contribution is -2.51. The van der Waals surface area contributed by atoms with Crippen molar-refractivity contribution in [2.24, 2.45) is 23.2 Å². The van der Waals surface area contributed by atoms with Crippen LogP contribution in [0.5, 0.6) is 0 Å². The van der Waals surface area contributed by atoms with Crippen molar-refractivity contribution >= 4 is 7.12 Å². The van der Waals surface area contributed by atoms with E-state index in [-0.39, 0.29) is 18.3 Å². The normalized spacial score (nSPS) is 42.1. The van der Waals surface area contributed by atoms with Crippen LogP contribution in [0.4, 0.5) is 0 Å². The van der Waals surface area contributed by atoms with Gasteiger partial charge in [-0.1, -0.05) is 32.6 Å². The van der Waals surface area contributed by atoms with Gasteiger partial charge in [-0.3, -0.25) is 0 Å². The van der Waals surface area contributed by atoms with Gasteiger partial charge in [-0.05, 0) is 95.2 Å². The highest BCUT2D eigenvalue weighted by atomic mass is 16.7. The summed E-state index contributed by atoms with van der Waals surface area (Å²) in [4.78, 5) is 0. The SMILES string of the molecule is CCCCC[C@H](B1OC(C)(C)C(C)(C)O1)C12CC3CC(CC(C3)C1)C2. The molecular weight excluding hydrogens is 307 g/mol. The van der Waals surface area contributed by atoms with E-state index in [9.17, 15) is 0 Å². The summed E-state index contributed by atoms with van der Waals surface area (Å²) in [5.74, 6) is 3.61. The van der Waals surface area contributed by atoms with Crippen molar-refractivity contribution in [3.8, 4) is 0 Å². The van der Waals surface area contributed by atoms with Crippen LogP contribution in [0.2, 0.25) is 5.82 Å². The third-order valence-electron chi connectivity index (χ3n) is 8.59. The van der Waals surface area contributed by atoms with Gasteiger partial charge in [-0.15, -0.1) is 0 Å². The van der Waals surface area contributed by atoms with Crippen molar-refractivity contribution in [3.63, 3.8) is 0 Å². The summed E-state index contributed by atoms with van der Waals surface area (Å²) in [6.45, 7) is 11.2. The van der Waals surface area contributed by atoms with E-state index >= 15 is 0 Å². The van der Waals surface area contributed by atoms with Gasteiger partial charge in [0.2, 0.25) is 0 Å². The second-order valence-corrected chi connectivity index (χ2v) is 11.0. The summed E-state index contributed by atoms with van der Waals surface area (Å²) in [5.41, 5.74) is 0.135. The van der Waals surface area contributed by atoms with Gasteiger partial charge in [0.05, 0.1) is 11.2 Å². The van der Waals surface area contributed by atoms with Gasteiger partial charge in [0, 0.05) is 0 Å². The Kier molecular flexibility index (Phi) is 4.60. The highest BCUT2D eigenvalue weighted by molar-refractivity contribution is 6.47. The van der Waals surface area contributed by atoms with Crippen molar-refractivity contribution in [1.82, 2.24) is 0 Å². The smallest absolute Gasteiger partial charge is 0.403 e. The van der Waals surface area contributed by atoms with E-state index in [0.29, 0.717) is 11.2 Å². The molecule has 5 fully saturated rings. The first kappa shape index (κ1) is 18.4. The van der Waals surface area contributed by atoms with Crippen LogP contribution in [0.1, 0.15) is 98.8 Å². The Hall–Kier alpha value is -0.0151. The van der Waals surface area contributed by atoms with E-state index < -0.39 is 0 Å². The second kappa shape index (κ2) is 6.26. The minimum Gasteiger partial charge on any atom is -0.403 e. The molecule has 0 aromatic carbocycles. The summed E-state index contributed by atoms with van der Waals surface area (Å²) < 4.78 is 13.2. The molecule has 1 heterocycles. The van der Waals surface area contributed by atoms with Crippen LogP contribution < -0.4 is 0 Å². The van der Waals surface area contributed by atoms with Crippen molar-refractivity contribution in [1.29, 1.82) is 0 Å². The fourth-order valence-corrected chi connectivity index (χ4v) is 7.03. The number of unbranched alkanes of at least 4 members (excludes halogenated alkanes) is 2. The first-order valence-corrected chi connectivity index (χ1v) is 11.1. The molecule has 25 heavy (non-hydrogen) atoms. The highest BCUT2D eigenvalue weighted by Gasteiger charge is 2.61. The van der Waals surface area contributed by atoms with Gasteiger partial charge in [-0.2, -0.15) is 0 Å². The lowest BCUT2D eigenvalue weighted by atomic mass is 9.40. The summed E-state index contributed by atoms with van der Waals surface area (Å²) >= 11 is 0. The molecule has 4 bridgehead atoms. The van der Waals surface area contributed by atoms with E-state index in [2.05, 4.69) is 34.6 Å². The number of hydrogen-bond acceptors (Lipinski definition) is 2. The highest BCUT2D eigenvalue weighted by Crippen LogP contribution is 2.66. The molecule has 0 aromatic heterocycles. The van der Waals surface area contributed by atoms with Crippen LogP contribution >= 0.6 is 0 Å². The van der Waals surface area contributed by atoms with Gasteiger partial charge in [0.25, 0.3) is 0 Å². The maximum atomic E-state index is 6.62. The Morgan fingerprint density at radius 1 is 0.840 bits per heavy atom. The molecule has 4 aliphatic carbocycles. The molecule has 0 N–H and O–H groups in total. The number of hydrogen-bond donors (Lipinski definition) is 0. The van der Waals surface area contributed by atoms with E-state index in [1.54, 1.807) is 0 Å². The lowest BCUT2D eigenvalue weighted by Gasteiger charge is -2.60. The molecular formula is C22H39BO2. The molecule has 1 aliphatic heterocycles. The Bertz CT molecular complexity index is 447. The average molecular weight is 346 g/mol. The molecule has 0 amide bonds. The van der Waals surface area contributed by atoms with Gasteiger partial charge in [0.1, 0.15) is 0 Å². The van der Waals surface area contributed by atoms with E-state index in [1.807, 2.05) is 0 Å². The predicted octanol–water partition coefficient (Wildman–Crippen LogP) is 6.25. The standard InChI is InChI=1S/C22H39BO2/c1-6-7-8-9-19(23-24-20(2,3)21(4,5)25-23)22-13-16-10-17(14-22)12-18(11-16)15-22/h16-19H,6-15H2,1-5H3/t16?,17?,18?,19-,22?/m0/s1. The van der Waals surface area contributed by atoms with Crippen molar-refractivity contribution in [2.45, 2.75) is 116 Å². The van der Waals surface area contributed by atoms with Crippen LogP contribution in [-0.2, 0) is 9.31 Å². The molecule has 2 nitrogen and oxygen atoms in total. The van der Waals surface area contributed by atoms with Crippen LogP contribution in [-0.4, -0.2) is 18.3 Å². The first-order valence-electron chi connectivity index (χ1n) is 11.1. The molecule has 1 atom stereocenters. The molecule has 5 rings (SSSR count). The van der Waals surface area contributed by atoms with Crippen molar-refractivity contribution in [2.75, 3.05) is 0 Å². The maximum Gasteiger partial charge on any atom is 0.461 e. The van der Waals surface area contributed by atoms with Gasteiger partial charge in [-0.25, -0.2) is 0 Å². The van der Waals surface area contributed by atoms with Crippen LogP contribution in [0.3, 0.4) is 0 Å². The minimum absolute atomic E-state index is 0.0121. The lowest BCUT2D eigenvalue weighted by molar-refractivity contribution is -0.0633. The molecule has 0 spiro atoms.